The summed E-state index contributed by atoms with van der Waals surface area (Å²) in [7, 11) is 0. The molecule has 1 unspecified atom stereocenters. The van der Waals surface area contributed by atoms with Crippen LogP contribution in [0.5, 0.6) is 0 Å². The first-order chi connectivity index (χ1) is 15.8. The number of nitrogens with zero attached hydrogens (tertiary/aromatic N) is 3. The molecule has 13 heteroatoms. The van der Waals surface area contributed by atoms with E-state index in [0.717, 1.165) is 24.3 Å². The predicted octanol–water partition coefficient (Wildman–Crippen LogP) is 4.53. The molecule has 3 amide bonds. The van der Waals surface area contributed by atoms with Crippen molar-refractivity contribution in [2.75, 3.05) is 4.90 Å². The number of nitrogens with one attached hydrogen (secondary N) is 1. The zero-order valence-electron chi connectivity index (χ0n) is 17.0. The van der Waals surface area contributed by atoms with Crippen LogP contribution >= 0.6 is 0 Å². The molecule has 2 aliphatic rings. The average molecular weight is 486 g/mol. The number of carbonyl (C=O) groups excluding carboxylic acids is 2. The Balaban J connectivity index is 2.07. The number of alkyl halides is 6. The molecular formula is C21H13F7N4O2. The summed E-state index contributed by atoms with van der Waals surface area (Å²) in [6.07, 6.45) is -12.2. The minimum Gasteiger partial charge on any atom is -0.277 e. The number of aryl methyl sites for hydroxylation is 1. The van der Waals surface area contributed by atoms with E-state index in [1.807, 2.05) is 0 Å². The molecule has 0 saturated carbocycles. The highest BCUT2D eigenvalue weighted by molar-refractivity contribution is 6.33. The molecule has 178 valence electrons. The van der Waals surface area contributed by atoms with Gasteiger partial charge in [0.2, 0.25) is 5.91 Å². The molecule has 4 rings (SSSR count). The third-order valence-electron chi connectivity index (χ3n) is 5.44. The number of benzene rings is 2. The van der Waals surface area contributed by atoms with Crippen LogP contribution in [0.25, 0.3) is 0 Å². The molecule has 0 aliphatic carbocycles. The second-order valence-electron chi connectivity index (χ2n) is 7.52. The lowest BCUT2D eigenvalue weighted by Crippen LogP contribution is -2.73. The number of imide groups is 1. The molecule has 1 fully saturated rings. The third kappa shape index (κ3) is 3.42. The number of amides is 3. The summed E-state index contributed by atoms with van der Waals surface area (Å²) in [6.45, 7) is 1.42. The molecule has 6 nitrogen and oxygen atoms in total. The maximum Gasteiger partial charge on any atom is 0.423 e. The number of fused-ring (bicyclic) bond motifs is 1. The van der Waals surface area contributed by atoms with E-state index in [0.29, 0.717) is 4.90 Å². The fourth-order valence-electron chi connectivity index (χ4n) is 3.84. The molecule has 34 heavy (non-hydrogen) atoms. The Labute approximate surface area is 186 Å². The van der Waals surface area contributed by atoms with E-state index >= 15 is 0 Å². The van der Waals surface area contributed by atoms with Crippen LogP contribution in [0.15, 0.2) is 58.5 Å². The minimum atomic E-state index is -6.11. The lowest BCUT2D eigenvalue weighted by molar-refractivity contribution is -0.302. The van der Waals surface area contributed by atoms with Gasteiger partial charge in [-0.15, -0.1) is 0 Å². The van der Waals surface area contributed by atoms with Gasteiger partial charge in [0.15, 0.2) is 5.84 Å². The highest BCUT2D eigenvalue weighted by Gasteiger charge is 2.79. The zero-order chi connectivity index (χ0) is 25.1. The van der Waals surface area contributed by atoms with Crippen LogP contribution < -0.4 is 10.2 Å². The van der Waals surface area contributed by atoms with Crippen molar-refractivity contribution in [1.82, 2.24) is 5.32 Å². The lowest BCUT2D eigenvalue weighted by Gasteiger charge is -2.45. The lowest BCUT2D eigenvalue weighted by atomic mass is 9.78. The molecule has 1 N–H and O–H groups in total. The Kier molecular flexibility index (Phi) is 5.25. The van der Waals surface area contributed by atoms with Gasteiger partial charge in [0.25, 0.3) is 5.54 Å². The Bertz CT molecular complexity index is 1220. The Hall–Kier alpha value is -3.77. The van der Waals surface area contributed by atoms with Crippen molar-refractivity contribution in [3.63, 3.8) is 0 Å². The monoisotopic (exact) mass is 486 g/mol. The van der Waals surface area contributed by atoms with E-state index in [2.05, 4.69) is 9.98 Å². The van der Waals surface area contributed by atoms with Gasteiger partial charge in [-0.1, -0.05) is 24.3 Å². The molecule has 2 aromatic rings. The quantitative estimate of drug-likeness (QED) is 0.634. The molecule has 2 aliphatic heterocycles. The van der Waals surface area contributed by atoms with Crippen molar-refractivity contribution in [3.8, 4) is 0 Å². The first-order valence-electron chi connectivity index (χ1n) is 9.56. The van der Waals surface area contributed by atoms with Gasteiger partial charge in [0.1, 0.15) is 17.6 Å². The summed E-state index contributed by atoms with van der Waals surface area (Å²) in [5.74, 6) is -7.83. The van der Waals surface area contributed by atoms with E-state index in [-0.39, 0.29) is 16.8 Å². The Morgan fingerprint density at radius 1 is 0.941 bits per heavy atom. The number of carbonyl (C=O) groups is 2. The van der Waals surface area contributed by atoms with Gasteiger partial charge in [-0.25, -0.2) is 24.1 Å². The summed E-state index contributed by atoms with van der Waals surface area (Å²) in [4.78, 5) is 32.3. The van der Waals surface area contributed by atoms with Crippen LogP contribution in [-0.2, 0) is 4.79 Å². The molecule has 0 spiro atoms. The van der Waals surface area contributed by atoms with Gasteiger partial charge in [0, 0.05) is 5.56 Å². The zero-order valence-corrected chi connectivity index (χ0v) is 17.0. The van der Waals surface area contributed by atoms with Crippen LogP contribution in [0.4, 0.5) is 41.2 Å². The normalized spacial score (nSPS) is 20.4. The van der Waals surface area contributed by atoms with E-state index in [1.165, 1.54) is 36.5 Å². The molecule has 2 heterocycles. The largest absolute Gasteiger partial charge is 0.423 e. The second kappa shape index (κ2) is 7.64. The van der Waals surface area contributed by atoms with Crippen LogP contribution in [-0.4, -0.2) is 41.5 Å². The summed E-state index contributed by atoms with van der Waals surface area (Å²) in [6, 6.07) is 7.72. The Morgan fingerprint density at radius 3 is 2.09 bits per heavy atom. The number of anilines is 1. The van der Waals surface area contributed by atoms with Crippen LogP contribution in [0.1, 0.15) is 11.1 Å². The fraction of sp³-hybridized carbons (Fsp3) is 0.238. The van der Waals surface area contributed by atoms with Gasteiger partial charge >= 0.3 is 18.4 Å². The van der Waals surface area contributed by atoms with Crippen LogP contribution in [0.3, 0.4) is 0 Å². The molecule has 1 atom stereocenters. The van der Waals surface area contributed by atoms with Crippen molar-refractivity contribution < 1.29 is 40.3 Å². The van der Waals surface area contributed by atoms with Gasteiger partial charge in [-0.2, -0.15) is 26.3 Å². The van der Waals surface area contributed by atoms with Gasteiger partial charge in [-0.05, 0) is 36.8 Å². The Morgan fingerprint density at radius 2 is 1.53 bits per heavy atom. The van der Waals surface area contributed by atoms with E-state index < -0.39 is 53.2 Å². The highest BCUT2D eigenvalue weighted by atomic mass is 19.4. The second-order valence-corrected chi connectivity index (χ2v) is 7.52. The summed E-state index contributed by atoms with van der Waals surface area (Å²) >= 11 is 0. The predicted molar refractivity (Wildman–Crippen MR) is 106 cm³/mol. The van der Waals surface area contributed by atoms with Crippen molar-refractivity contribution in [1.29, 1.82) is 0 Å². The number of urea groups is 1. The maximum absolute atomic E-state index is 14.3. The highest BCUT2D eigenvalue weighted by Crippen LogP contribution is 2.53. The average Bonchev–Trinajstić information content (AvgIpc) is 2.73. The van der Waals surface area contributed by atoms with Crippen LogP contribution in [0.2, 0.25) is 0 Å². The first kappa shape index (κ1) is 23.4. The number of halogens is 7. The fourth-order valence-corrected chi connectivity index (χ4v) is 3.84. The SMILES string of the molecule is Cc1ccccc1C1=NC(C(F)(F)F)(C(F)(F)F)C2C(=O)NC(=O)N(c3ccc(F)cc3)C2=N1. The van der Waals surface area contributed by atoms with Gasteiger partial charge in [0.05, 0.1) is 5.69 Å². The number of rotatable bonds is 2. The van der Waals surface area contributed by atoms with Crippen molar-refractivity contribution >= 4 is 29.3 Å². The smallest absolute Gasteiger partial charge is 0.277 e. The van der Waals surface area contributed by atoms with Crippen LogP contribution in [0, 0.1) is 18.7 Å². The molecule has 2 aromatic carbocycles. The molecular weight excluding hydrogens is 473 g/mol. The van der Waals surface area contributed by atoms with Crippen molar-refractivity contribution in [2.45, 2.75) is 24.8 Å². The number of hydrogen-bond donors (Lipinski definition) is 1. The number of amidine groups is 2. The number of aliphatic imine (C=N–C) groups is 2. The van der Waals surface area contributed by atoms with Gasteiger partial charge < -0.3 is 0 Å². The summed E-state index contributed by atoms with van der Waals surface area (Å²) in [5.41, 5.74) is -5.16. The summed E-state index contributed by atoms with van der Waals surface area (Å²) < 4.78 is 99.1. The molecule has 0 radical (unpaired) electrons. The first-order valence-corrected chi connectivity index (χ1v) is 9.56. The number of hydrogen-bond acceptors (Lipinski definition) is 4. The van der Waals surface area contributed by atoms with E-state index in [1.54, 1.807) is 0 Å². The van der Waals surface area contributed by atoms with Gasteiger partial charge in [-0.3, -0.25) is 10.1 Å². The van der Waals surface area contributed by atoms with Crippen molar-refractivity contribution in [3.05, 3.63) is 65.5 Å². The van der Waals surface area contributed by atoms with E-state index in [9.17, 15) is 40.3 Å². The topological polar surface area (TPSA) is 74.1 Å². The maximum atomic E-state index is 14.3. The molecule has 0 aromatic heterocycles. The summed E-state index contributed by atoms with van der Waals surface area (Å²) in [5, 5.41) is 1.51. The minimum absolute atomic E-state index is 0.163. The third-order valence-corrected chi connectivity index (χ3v) is 5.44. The van der Waals surface area contributed by atoms with Crippen molar-refractivity contribution in [2.24, 2.45) is 15.9 Å². The molecule has 1 saturated heterocycles. The van der Waals surface area contributed by atoms with E-state index in [4.69, 9.17) is 0 Å². The standard InChI is InChI=1S/C21H13F7N4O2/c1-10-4-2-3-5-13(10)15-29-16-14(19(31-15,20(23,24)25)21(26,27)28)17(33)30-18(34)32(16)12-8-6-11(22)7-9-12/h2-9,14H,1H3,(H,30,33,34). The molecule has 0 bridgehead atoms.